The summed E-state index contributed by atoms with van der Waals surface area (Å²) >= 11 is 6.09. The summed E-state index contributed by atoms with van der Waals surface area (Å²) in [4.78, 5) is 23.0. The zero-order chi connectivity index (χ0) is 16.8. The van der Waals surface area contributed by atoms with Crippen molar-refractivity contribution in [3.05, 3.63) is 58.6 Å². The predicted octanol–water partition coefficient (Wildman–Crippen LogP) is 3.62. The average Bonchev–Trinajstić information content (AvgIpc) is 2.50. The van der Waals surface area contributed by atoms with E-state index in [0.29, 0.717) is 23.1 Å². The molecular formula is C17H16ClNO4. The van der Waals surface area contributed by atoms with E-state index < -0.39 is 5.97 Å². The highest BCUT2D eigenvalue weighted by molar-refractivity contribution is 6.32. The Kier molecular flexibility index (Phi) is 5.60. The predicted molar refractivity (Wildman–Crippen MR) is 88.4 cm³/mol. The third-order valence-electron chi connectivity index (χ3n) is 3.05. The van der Waals surface area contributed by atoms with Crippen molar-refractivity contribution >= 4 is 29.2 Å². The topological polar surface area (TPSA) is 75.6 Å². The molecule has 1 amide bonds. The molecule has 5 nitrogen and oxygen atoms in total. The van der Waals surface area contributed by atoms with Gasteiger partial charge < -0.3 is 15.2 Å². The smallest absolute Gasteiger partial charge is 0.335 e. The van der Waals surface area contributed by atoms with Crippen molar-refractivity contribution in [3.63, 3.8) is 0 Å². The van der Waals surface area contributed by atoms with Crippen molar-refractivity contribution in [3.8, 4) is 5.75 Å². The number of nitrogens with one attached hydrogen (secondary N) is 1. The van der Waals surface area contributed by atoms with E-state index in [1.54, 1.807) is 30.3 Å². The summed E-state index contributed by atoms with van der Waals surface area (Å²) in [5.41, 5.74) is 1.30. The molecule has 23 heavy (non-hydrogen) atoms. The summed E-state index contributed by atoms with van der Waals surface area (Å²) in [6.07, 6.45) is 0.128. The highest BCUT2D eigenvalue weighted by Gasteiger charge is 2.09. The van der Waals surface area contributed by atoms with Gasteiger partial charge in [-0.3, -0.25) is 4.79 Å². The van der Waals surface area contributed by atoms with Crippen LogP contribution in [0.3, 0.4) is 0 Å². The molecule has 0 heterocycles. The number of carbonyl (C=O) groups is 2. The van der Waals surface area contributed by atoms with Gasteiger partial charge >= 0.3 is 5.97 Å². The van der Waals surface area contributed by atoms with Crippen molar-refractivity contribution < 1.29 is 19.4 Å². The summed E-state index contributed by atoms with van der Waals surface area (Å²) in [7, 11) is 0. The van der Waals surface area contributed by atoms with Gasteiger partial charge in [0.2, 0.25) is 5.91 Å². The van der Waals surface area contributed by atoms with Crippen molar-refractivity contribution in [2.24, 2.45) is 0 Å². The third-order valence-corrected chi connectivity index (χ3v) is 3.35. The number of carboxylic acids is 1. The van der Waals surface area contributed by atoms with Gasteiger partial charge in [-0.05, 0) is 42.8 Å². The van der Waals surface area contributed by atoms with E-state index in [2.05, 4.69) is 5.32 Å². The highest BCUT2D eigenvalue weighted by Crippen LogP contribution is 2.25. The van der Waals surface area contributed by atoms with Gasteiger partial charge in [0, 0.05) is 5.69 Å². The molecule has 0 saturated heterocycles. The Morgan fingerprint density at radius 3 is 2.65 bits per heavy atom. The first-order chi connectivity index (χ1) is 11.0. The van der Waals surface area contributed by atoms with Crippen LogP contribution in [0.1, 0.15) is 22.8 Å². The van der Waals surface area contributed by atoms with E-state index >= 15 is 0 Å². The zero-order valence-corrected chi connectivity index (χ0v) is 13.3. The minimum absolute atomic E-state index is 0.118. The van der Waals surface area contributed by atoms with Crippen molar-refractivity contribution in [2.45, 2.75) is 13.3 Å². The summed E-state index contributed by atoms with van der Waals surface area (Å²) in [6.45, 7) is 2.38. The Morgan fingerprint density at radius 2 is 2.00 bits per heavy atom. The zero-order valence-electron chi connectivity index (χ0n) is 12.5. The second kappa shape index (κ2) is 7.65. The second-order valence-electron chi connectivity index (χ2n) is 4.81. The summed E-state index contributed by atoms with van der Waals surface area (Å²) in [6, 6.07) is 11.3. The van der Waals surface area contributed by atoms with E-state index in [1.165, 1.54) is 12.1 Å². The number of benzene rings is 2. The number of anilines is 1. The molecule has 0 radical (unpaired) electrons. The first-order valence-corrected chi connectivity index (χ1v) is 7.42. The number of carbonyl (C=O) groups excluding carboxylic acids is 1. The molecule has 2 aromatic carbocycles. The molecule has 2 aromatic rings. The van der Waals surface area contributed by atoms with Crippen LogP contribution in [-0.2, 0) is 11.2 Å². The van der Waals surface area contributed by atoms with Crippen molar-refractivity contribution in [1.82, 2.24) is 0 Å². The normalized spacial score (nSPS) is 10.2. The van der Waals surface area contributed by atoms with Crippen LogP contribution in [0.15, 0.2) is 42.5 Å². The number of carboxylic acid groups (broad SMARTS) is 1. The van der Waals surface area contributed by atoms with Crippen LogP contribution in [-0.4, -0.2) is 23.6 Å². The SMILES string of the molecule is CCOc1ccc(CC(=O)Nc2cccc(C(=O)O)c2)cc1Cl. The number of hydrogen-bond acceptors (Lipinski definition) is 3. The minimum Gasteiger partial charge on any atom is -0.492 e. The molecule has 0 fully saturated rings. The Morgan fingerprint density at radius 1 is 1.22 bits per heavy atom. The standard InChI is InChI=1S/C17H16ClNO4/c1-2-23-15-7-6-11(8-14(15)18)9-16(20)19-13-5-3-4-12(10-13)17(21)22/h3-8,10H,2,9H2,1H3,(H,19,20)(H,21,22). The first kappa shape index (κ1) is 16.8. The van der Waals surface area contributed by atoms with E-state index in [9.17, 15) is 9.59 Å². The molecular weight excluding hydrogens is 318 g/mol. The van der Waals surface area contributed by atoms with Crippen LogP contribution in [0.4, 0.5) is 5.69 Å². The summed E-state index contributed by atoms with van der Waals surface area (Å²) in [5, 5.41) is 12.1. The van der Waals surface area contributed by atoms with E-state index in [0.717, 1.165) is 5.56 Å². The van der Waals surface area contributed by atoms with Gasteiger partial charge in [0.05, 0.1) is 23.6 Å². The number of hydrogen-bond donors (Lipinski definition) is 2. The average molecular weight is 334 g/mol. The van der Waals surface area contributed by atoms with Crippen molar-refractivity contribution in [1.29, 1.82) is 0 Å². The Labute approximate surface area is 138 Å². The Hall–Kier alpha value is -2.53. The molecule has 0 aliphatic heterocycles. The van der Waals surface area contributed by atoms with Crippen LogP contribution >= 0.6 is 11.6 Å². The number of halogens is 1. The monoisotopic (exact) mass is 333 g/mol. The number of aromatic carboxylic acids is 1. The van der Waals surface area contributed by atoms with Crippen LogP contribution in [0.2, 0.25) is 5.02 Å². The number of amides is 1. The molecule has 0 atom stereocenters. The summed E-state index contributed by atoms with van der Waals surface area (Å²) in [5.74, 6) is -0.723. The number of ether oxygens (including phenoxy) is 1. The molecule has 0 aromatic heterocycles. The van der Waals surface area contributed by atoms with Gasteiger partial charge in [-0.15, -0.1) is 0 Å². The molecule has 120 valence electrons. The molecule has 2 rings (SSSR count). The van der Waals surface area contributed by atoms with Gasteiger partial charge in [0.15, 0.2) is 0 Å². The molecule has 0 unspecified atom stereocenters. The highest BCUT2D eigenvalue weighted by atomic mass is 35.5. The fourth-order valence-corrected chi connectivity index (χ4v) is 2.31. The lowest BCUT2D eigenvalue weighted by atomic mass is 10.1. The quantitative estimate of drug-likeness (QED) is 0.846. The molecule has 0 saturated carbocycles. The fourth-order valence-electron chi connectivity index (χ4n) is 2.05. The van der Waals surface area contributed by atoms with Gasteiger partial charge in [0.1, 0.15) is 5.75 Å². The van der Waals surface area contributed by atoms with Crippen molar-refractivity contribution in [2.75, 3.05) is 11.9 Å². The second-order valence-corrected chi connectivity index (χ2v) is 5.22. The third kappa shape index (κ3) is 4.72. The maximum absolute atomic E-state index is 12.1. The Bertz CT molecular complexity index is 730. The van der Waals surface area contributed by atoms with E-state index in [-0.39, 0.29) is 17.9 Å². The molecule has 0 spiro atoms. The van der Waals surface area contributed by atoms with Crippen LogP contribution in [0.25, 0.3) is 0 Å². The van der Waals surface area contributed by atoms with Gasteiger partial charge in [-0.1, -0.05) is 23.7 Å². The van der Waals surface area contributed by atoms with Crippen LogP contribution in [0, 0.1) is 0 Å². The number of rotatable bonds is 6. The van der Waals surface area contributed by atoms with Gasteiger partial charge in [-0.2, -0.15) is 0 Å². The molecule has 0 bridgehead atoms. The van der Waals surface area contributed by atoms with Gasteiger partial charge in [0.25, 0.3) is 0 Å². The maximum atomic E-state index is 12.1. The lowest BCUT2D eigenvalue weighted by Crippen LogP contribution is -2.14. The summed E-state index contributed by atoms with van der Waals surface area (Å²) < 4.78 is 5.34. The molecule has 6 heteroatoms. The Balaban J connectivity index is 2.03. The van der Waals surface area contributed by atoms with Crippen LogP contribution in [0.5, 0.6) is 5.75 Å². The van der Waals surface area contributed by atoms with Gasteiger partial charge in [-0.25, -0.2) is 4.79 Å². The van der Waals surface area contributed by atoms with E-state index in [4.69, 9.17) is 21.4 Å². The lowest BCUT2D eigenvalue weighted by molar-refractivity contribution is -0.115. The first-order valence-electron chi connectivity index (χ1n) is 7.04. The molecule has 0 aliphatic rings. The molecule has 0 aliphatic carbocycles. The lowest BCUT2D eigenvalue weighted by Gasteiger charge is -2.09. The van der Waals surface area contributed by atoms with E-state index in [1.807, 2.05) is 6.92 Å². The largest absolute Gasteiger partial charge is 0.492 e. The fraction of sp³-hybridized carbons (Fsp3) is 0.176. The minimum atomic E-state index is -1.04. The molecule has 2 N–H and O–H groups in total. The maximum Gasteiger partial charge on any atom is 0.335 e. The van der Waals surface area contributed by atoms with Crippen LogP contribution < -0.4 is 10.1 Å².